The van der Waals surface area contributed by atoms with Crippen LogP contribution in [-0.2, 0) is 11.2 Å². The van der Waals surface area contributed by atoms with Gasteiger partial charge in [-0.2, -0.15) is 0 Å². The van der Waals surface area contributed by atoms with Crippen LogP contribution in [0.25, 0.3) is 0 Å². The van der Waals surface area contributed by atoms with Crippen molar-refractivity contribution in [1.82, 2.24) is 4.90 Å². The van der Waals surface area contributed by atoms with Gasteiger partial charge in [0.25, 0.3) is 0 Å². The third kappa shape index (κ3) is 3.24. The van der Waals surface area contributed by atoms with Gasteiger partial charge in [0.05, 0.1) is 12.2 Å². The second kappa shape index (κ2) is 5.72. The molecule has 18 heavy (non-hydrogen) atoms. The highest BCUT2D eigenvalue weighted by atomic mass is 16.5. The van der Waals surface area contributed by atoms with Gasteiger partial charge in [-0.1, -0.05) is 18.2 Å². The Kier molecular flexibility index (Phi) is 4.25. The molecule has 0 bridgehead atoms. The van der Waals surface area contributed by atoms with Gasteiger partial charge in [-0.15, -0.1) is 0 Å². The molecule has 3 unspecified atom stereocenters. The monoisotopic (exact) mass is 248 g/mol. The van der Waals surface area contributed by atoms with E-state index < -0.39 is 0 Å². The highest BCUT2D eigenvalue weighted by molar-refractivity contribution is 5.46. The number of rotatable bonds is 3. The molecular weight excluding hydrogens is 224 g/mol. The molecule has 2 N–H and O–H groups in total. The van der Waals surface area contributed by atoms with E-state index in [1.54, 1.807) is 0 Å². The summed E-state index contributed by atoms with van der Waals surface area (Å²) in [6.45, 7) is 8.59. The van der Waals surface area contributed by atoms with Crippen LogP contribution in [0.2, 0.25) is 0 Å². The number of nitrogens with two attached hydrogens (primary N) is 1. The van der Waals surface area contributed by atoms with E-state index in [9.17, 15) is 0 Å². The van der Waals surface area contributed by atoms with Gasteiger partial charge in [0.2, 0.25) is 0 Å². The first-order chi connectivity index (χ1) is 8.56. The lowest BCUT2D eigenvalue weighted by atomic mass is 10.0. The molecule has 1 aliphatic rings. The summed E-state index contributed by atoms with van der Waals surface area (Å²) >= 11 is 0. The summed E-state index contributed by atoms with van der Waals surface area (Å²) in [6.07, 6.45) is 1.65. The Labute approximate surface area is 110 Å². The first kappa shape index (κ1) is 13.4. The lowest BCUT2D eigenvalue weighted by Crippen LogP contribution is -2.49. The molecule has 0 aromatic heterocycles. The maximum atomic E-state index is 6.01. The van der Waals surface area contributed by atoms with Gasteiger partial charge in [0, 0.05) is 24.8 Å². The fraction of sp³-hybridized carbons (Fsp3) is 0.600. The molecule has 1 aromatic rings. The van der Waals surface area contributed by atoms with Crippen LogP contribution in [0.1, 0.15) is 26.3 Å². The van der Waals surface area contributed by atoms with Crippen LogP contribution in [0.5, 0.6) is 0 Å². The van der Waals surface area contributed by atoms with E-state index in [-0.39, 0.29) is 0 Å². The van der Waals surface area contributed by atoms with Crippen LogP contribution in [0, 0.1) is 0 Å². The molecule has 3 heteroatoms. The van der Waals surface area contributed by atoms with Crippen molar-refractivity contribution in [3.05, 3.63) is 29.8 Å². The number of hydrogen-bond donors (Lipinski definition) is 1. The van der Waals surface area contributed by atoms with Gasteiger partial charge >= 0.3 is 0 Å². The topological polar surface area (TPSA) is 38.5 Å². The molecule has 0 radical (unpaired) electrons. The molecule has 0 saturated carbocycles. The highest BCUT2D eigenvalue weighted by Crippen LogP contribution is 2.19. The average Bonchev–Trinajstić information content (AvgIpc) is 2.31. The zero-order valence-electron chi connectivity index (χ0n) is 11.6. The number of morpholine rings is 1. The van der Waals surface area contributed by atoms with Crippen LogP contribution < -0.4 is 5.73 Å². The quantitative estimate of drug-likeness (QED) is 0.834. The normalized spacial score (nSPS) is 27.1. The number of nitrogen functional groups attached to an aromatic ring is 1. The lowest BCUT2D eigenvalue weighted by Gasteiger charge is -2.39. The van der Waals surface area contributed by atoms with Gasteiger partial charge in [-0.3, -0.25) is 4.90 Å². The minimum absolute atomic E-state index is 0.323. The van der Waals surface area contributed by atoms with E-state index in [0.29, 0.717) is 18.2 Å². The van der Waals surface area contributed by atoms with Gasteiger partial charge in [0.1, 0.15) is 0 Å². The van der Waals surface area contributed by atoms with Crippen molar-refractivity contribution >= 4 is 5.69 Å². The van der Waals surface area contributed by atoms with E-state index in [4.69, 9.17) is 10.5 Å². The molecule has 3 atom stereocenters. The number of hydrogen-bond acceptors (Lipinski definition) is 3. The van der Waals surface area contributed by atoms with Gasteiger partial charge < -0.3 is 10.5 Å². The van der Waals surface area contributed by atoms with Crippen molar-refractivity contribution in [3.8, 4) is 0 Å². The van der Waals surface area contributed by atoms with E-state index >= 15 is 0 Å². The number of benzene rings is 1. The largest absolute Gasteiger partial charge is 0.399 e. The Morgan fingerprint density at radius 1 is 1.28 bits per heavy atom. The third-order valence-corrected chi connectivity index (χ3v) is 3.64. The van der Waals surface area contributed by atoms with Crippen LogP contribution in [-0.4, -0.2) is 36.2 Å². The third-order valence-electron chi connectivity index (χ3n) is 3.64. The van der Waals surface area contributed by atoms with Crippen molar-refractivity contribution in [2.75, 3.05) is 18.8 Å². The minimum Gasteiger partial charge on any atom is -0.399 e. The number of para-hydroxylation sites is 1. The number of ether oxygens (including phenoxy) is 1. The summed E-state index contributed by atoms with van der Waals surface area (Å²) in [5.41, 5.74) is 8.16. The van der Waals surface area contributed by atoms with Gasteiger partial charge in [0.15, 0.2) is 0 Å². The van der Waals surface area contributed by atoms with Crippen LogP contribution >= 0.6 is 0 Å². The maximum Gasteiger partial charge on any atom is 0.0678 e. The van der Waals surface area contributed by atoms with E-state index in [2.05, 4.69) is 37.8 Å². The smallest absolute Gasteiger partial charge is 0.0678 e. The lowest BCUT2D eigenvalue weighted by molar-refractivity contribution is -0.0782. The second-order valence-corrected chi connectivity index (χ2v) is 5.46. The molecule has 3 nitrogen and oxygen atoms in total. The SMILES string of the molecule is CC1CN(C(C)Cc2ccccc2N)CC(C)O1. The molecule has 0 amide bonds. The summed E-state index contributed by atoms with van der Waals surface area (Å²) in [5, 5.41) is 0. The fourth-order valence-electron chi connectivity index (χ4n) is 2.75. The summed E-state index contributed by atoms with van der Waals surface area (Å²) < 4.78 is 5.77. The molecule has 1 aliphatic heterocycles. The first-order valence-corrected chi connectivity index (χ1v) is 6.79. The molecule has 1 saturated heterocycles. The molecule has 1 aromatic carbocycles. The summed E-state index contributed by atoms with van der Waals surface area (Å²) in [4.78, 5) is 2.51. The molecule has 1 heterocycles. The van der Waals surface area contributed by atoms with Gasteiger partial charge in [-0.05, 0) is 38.8 Å². The Morgan fingerprint density at radius 2 is 1.89 bits per heavy atom. The molecule has 1 fully saturated rings. The average molecular weight is 248 g/mol. The maximum absolute atomic E-state index is 6.01. The van der Waals surface area contributed by atoms with Crippen LogP contribution in [0.15, 0.2) is 24.3 Å². The zero-order valence-corrected chi connectivity index (χ0v) is 11.6. The Hall–Kier alpha value is -1.06. The standard InChI is InChI=1S/C15H24N2O/c1-11(8-14-6-4-5-7-15(14)16)17-9-12(2)18-13(3)10-17/h4-7,11-13H,8-10,16H2,1-3H3. The van der Waals surface area contributed by atoms with Crippen molar-refractivity contribution < 1.29 is 4.74 Å². The Bertz CT molecular complexity index is 384. The fourth-order valence-corrected chi connectivity index (χ4v) is 2.75. The molecular formula is C15H24N2O. The zero-order chi connectivity index (χ0) is 13.1. The Morgan fingerprint density at radius 3 is 2.50 bits per heavy atom. The van der Waals surface area contributed by atoms with E-state index in [1.165, 1.54) is 5.56 Å². The first-order valence-electron chi connectivity index (χ1n) is 6.79. The van der Waals surface area contributed by atoms with E-state index in [1.807, 2.05) is 12.1 Å². The molecule has 0 aliphatic carbocycles. The van der Waals surface area contributed by atoms with Gasteiger partial charge in [-0.25, -0.2) is 0 Å². The summed E-state index contributed by atoms with van der Waals surface area (Å²) in [7, 11) is 0. The summed E-state index contributed by atoms with van der Waals surface area (Å²) in [5.74, 6) is 0. The van der Waals surface area contributed by atoms with Crippen molar-refractivity contribution in [1.29, 1.82) is 0 Å². The second-order valence-electron chi connectivity index (χ2n) is 5.46. The van der Waals surface area contributed by atoms with Crippen molar-refractivity contribution in [2.45, 2.75) is 45.4 Å². The van der Waals surface area contributed by atoms with Crippen molar-refractivity contribution in [2.24, 2.45) is 0 Å². The number of nitrogens with zero attached hydrogens (tertiary/aromatic N) is 1. The molecule has 0 spiro atoms. The molecule has 2 rings (SSSR count). The van der Waals surface area contributed by atoms with Crippen LogP contribution in [0.4, 0.5) is 5.69 Å². The summed E-state index contributed by atoms with van der Waals surface area (Å²) in [6, 6.07) is 8.65. The highest BCUT2D eigenvalue weighted by Gasteiger charge is 2.25. The molecule has 100 valence electrons. The van der Waals surface area contributed by atoms with E-state index in [0.717, 1.165) is 25.2 Å². The Balaban J connectivity index is 1.99. The number of anilines is 1. The van der Waals surface area contributed by atoms with Crippen molar-refractivity contribution in [3.63, 3.8) is 0 Å². The minimum atomic E-state index is 0.323. The predicted molar refractivity (Wildman–Crippen MR) is 75.6 cm³/mol. The predicted octanol–water partition coefficient (Wildman–Crippen LogP) is 2.31. The van der Waals surface area contributed by atoms with Crippen LogP contribution in [0.3, 0.4) is 0 Å².